The molecule has 0 aliphatic heterocycles. The summed E-state index contributed by atoms with van der Waals surface area (Å²) in [5.74, 6) is 1.34. The standard InChI is InChI=1S/C28H26N2O4/c1-19-8-10-20(11-9-19)18-34-25-13-12-21(14-27(25)33-3)17-29-30-28(31)24-15-22-6-4-5-7-23(22)16-26(24)32-2/h4-17H,18H2,1-3H3,(H,30,31)/b29-17-. The molecule has 0 heterocycles. The number of amides is 1. The zero-order valence-corrected chi connectivity index (χ0v) is 19.4. The Bertz CT molecular complexity index is 1330. The van der Waals surface area contributed by atoms with Crippen LogP contribution in [0.4, 0.5) is 0 Å². The number of ether oxygens (including phenoxy) is 3. The van der Waals surface area contributed by atoms with Gasteiger partial charge in [0.15, 0.2) is 11.5 Å². The van der Waals surface area contributed by atoms with E-state index in [4.69, 9.17) is 14.2 Å². The lowest BCUT2D eigenvalue weighted by Gasteiger charge is -2.11. The van der Waals surface area contributed by atoms with Crippen LogP contribution in [0.2, 0.25) is 0 Å². The first-order chi connectivity index (χ1) is 16.6. The van der Waals surface area contributed by atoms with Gasteiger partial charge < -0.3 is 14.2 Å². The molecule has 1 N–H and O–H groups in total. The first-order valence-electron chi connectivity index (χ1n) is 10.8. The van der Waals surface area contributed by atoms with Crippen molar-refractivity contribution in [1.82, 2.24) is 5.43 Å². The molecule has 0 aromatic heterocycles. The maximum atomic E-state index is 12.7. The predicted octanol–water partition coefficient (Wildman–Crippen LogP) is 5.51. The summed E-state index contributed by atoms with van der Waals surface area (Å²) in [6.45, 7) is 2.49. The van der Waals surface area contributed by atoms with Gasteiger partial charge >= 0.3 is 0 Å². The molecular weight excluding hydrogens is 428 g/mol. The maximum Gasteiger partial charge on any atom is 0.275 e. The van der Waals surface area contributed by atoms with E-state index < -0.39 is 0 Å². The van der Waals surface area contributed by atoms with E-state index >= 15 is 0 Å². The number of benzene rings is 4. The summed E-state index contributed by atoms with van der Waals surface area (Å²) in [7, 11) is 3.13. The van der Waals surface area contributed by atoms with E-state index in [0.29, 0.717) is 29.4 Å². The largest absolute Gasteiger partial charge is 0.496 e. The number of hydrogen-bond donors (Lipinski definition) is 1. The number of methoxy groups -OCH3 is 2. The Kier molecular flexibility index (Phi) is 7.08. The molecule has 6 nitrogen and oxygen atoms in total. The summed E-state index contributed by atoms with van der Waals surface area (Å²) in [6, 6.07) is 25.1. The van der Waals surface area contributed by atoms with Gasteiger partial charge in [0.25, 0.3) is 5.91 Å². The fourth-order valence-corrected chi connectivity index (χ4v) is 3.52. The number of hydrogen-bond acceptors (Lipinski definition) is 5. The molecule has 0 saturated heterocycles. The molecular formula is C28H26N2O4. The third-order valence-electron chi connectivity index (χ3n) is 5.39. The smallest absolute Gasteiger partial charge is 0.275 e. The van der Waals surface area contributed by atoms with E-state index in [1.54, 1.807) is 32.6 Å². The van der Waals surface area contributed by atoms with Gasteiger partial charge in [-0.3, -0.25) is 4.79 Å². The minimum absolute atomic E-state index is 0.358. The van der Waals surface area contributed by atoms with Gasteiger partial charge in [0.2, 0.25) is 0 Å². The van der Waals surface area contributed by atoms with Gasteiger partial charge in [-0.25, -0.2) is 5.43 Å². The Morgan fingerprint density at radius 1 is 0.853 bits per heavy atom. The molecule has 0 aliphatic rings. The van der Waals surface area contributed by atoms with Crippen LogP contribution in [0, 0.1) is 6.92 Å². The summed E-state index contributed by atoms with van der Waals surface area (Å²) in [5.41, 5.74) is 6.02. The average Bonchev–Trinajstić information content (AvgIpc) is 2.87. The van der Waals surface area contributed by atoms with Crippen LogP contribution in [-0.2, 0) is 6.61 Å². The summed E-state index contributed by atoms with van der Waals surface area (Å²) >= 11 is 0. The van der Waals surface area contributed by atoms with Crippen LogP contribution in [0.15, 0.2) is 84.0 Å². The van der Waals surface area contributed by atoms with E-state index in [-0.39, 0.29) is 5.91 Å². The molecule has 0 spiro atoms. The molecule has 1 amide bonds. The van der Waals surface area contributed by atoms with Gasteiger partial charge in [0.1, 0.15) is 12.4 Å². The molecule has 0 fully saturated rings. The van der Waals surface area contributed by atoms with Crippen LogP contribution in [0.5, 0.6) is 17.2 Å². The molecule has 6 heteroatoms. The number of hydrazone groups is 1. The van der Waals surface area contributed by atoms with Crippen LogP contribution < -0.4 is 19.6 Å². The first kappa shape index (κ1) is 22.9. The molecule has 0 atom stereocenters. The Morgan fingerprint density at radius 2 is 1.56 bits per heavy atom. The van der Waals surface area contributed by atoms with Crippen molar-refractivity contribution in [2.75, 3.05) is 14.2 Å². The zero-order valence-electron chi connectivity index (χ0n) is 19.4. The van der Waals surface area contributed by atoms with Crippen LogP contribution in [-0.4, -0.2) is 26.3 Å². The van der Waals surface area contributed by atoms with Gasteiger partial charge in [-0.1, -0.05) is 54.1 Å². The topological polar surface area (TPSA) is 69.2 Å². The van der Waals surface area contributed by atoms with Crippen molar-refractivity contribution in [1.29, 1.82) is 0 Å². The molecule has 4 aromatic rings. The molecule has 34 heavy (non-hydrogen) atoms. The number of nitrogens with zero attached hydrogens (tertiary/aromatic N) is 1. The van der Waals surface area contributed by atoms with Gasteiger partial charge in [-0.15, -0.1) is 0 Å². The lowest BCUT2D eigenvalue weighted by atomic mass is 10.1. The molecule has 0 saturated carbocycles. The third kappa shape index (κ3) is 5.35. The van der Waals surface area contributed by atoms with Crippen molar-refractivity contribution in [2.24, 2.45) is 5.10 Å². The molecule has 0 bridgehead atoms. The van der Waals surface area contributed by atoms with Gasteiger partial charge in [0, 0.05) is 0 Å². The number of nitrogens with one attached hydrogen (secondary N) is 1. The summed E-state index contributed by atoms with van der Waals surface area (Å²) in [5, 5.41) is 6.05. The highest BCUT2D eigenvalue weighted by Crippen LogP contribution is 2.29. The molecule has 4 rings (SSSR count). The van der Waals surface area contributed by atoms with E-state index in [2.05, 4.69) is 29.6 Å². The fraction of sp³-hybridized carbons (Fsp3) is 0.143. The first-order valence-corrected chi connectivity index (χ1v) is 10.8. The second-order valence-electron chi connectivity index (χ2n) is 7.78. The highest BCUT2D eigenvalue weighted by atomic mass is 16.5. The second-order valence-corrected chi connectivity index (χ2v) is 7.78. The Labute approximate surface area is 198 Å². The minimum atomic E-state index is -0.358. The SMILES string of the molecule is COc1cc(/C=N\NC(=O)c2cc3ccccc3cc2OC)ccc1OCc1ccc(C)cc1. The lowest BCUT2D eigenvalue weighted by Crippen LogP contribution is -2.18. The van der Waals surface area contributed by atoms with Crippen molar-refractivity contribution in [3.63, 3.8) is 0 Å². The average molecular weight is 455 g/mol. The van der Waals surface area contributed by atoms with E-state index in [1.165, 1.54) is 5.56 Å². The van der Waals surface area contributed by atoms with Crippen molar-refractivity contribution >= 4 is 22.9 Å². The Balaban J connectivity index is 1.43. The van der Waals surface area contributed by atoms with Crippen molar-refractivity contribution < 1.29 is 19.0 Å². The van der Waals surface area contributed by atoms with Gasteiger partial charge in [-0.05, 0) is 59.2 Å². The number of rotatable bonds is 8. The Morgan fingerprint density at radius 3 is 2.26 bits per heavy atom. The fourth-order valence-electron chi connectivity index (χ4n) is 3.52. The third-order valence-corrected chi connectivity index (χ3v) is 5.39. The monoisotopic (exact) mass is 454 g/mol. The molecule has 0 radical (unpaired) electrons. The predicted molar refractivity (Wildman–Crippen MR) is 134 cm³/mol. The molecule has 0 unspecified atom stereocenters. The normalized spacial score (nSPS) is 10.9. The van der Waals surface area contributed by atoms with Crippen LogP contribution >= 0.6 is 0 Å². The van der Waals surface area contributed by atoms with Crippen molar-refractivity contribution in [3.05, 3.63) is 101 Å². The number of carbonyl (C=O) groups excluding carboxylic acids is 1. The van der Waals surface area contributed by atoms with E-state index in [0.717, 1.165) is 21.9 Å². The number of aryl methyl sites for hydroxylation is 1. The van der Waals surface area contributed by atoms with Gasteiger partial charge in [-0.2, -0.15) is 5.10 Å². The van der Waals surface area contributed by atoms with E-state index in [1.807, 2.05) is 54.6 Å². The van der Waals surface area contributed by atoms with Crippen molar-refractivity contribution in [3.8, 4) is 17.2 Å². The van der Waals surface area contributed by atoms with Crippen molar-refractivity contribution in [2.45, 2.75) is 13.5 Å². The van der Waals surface area contributed by atoms with Crippen LogP contribution in [0.25, 0.3) is 10.8 Å². The van der Waals surface area contributed by atoms with E-state index in [9.17, 15) is 4.79 Å². The second kappa shape index (κ2) is 10.5. The lowest BCUT2D eigenvalue weighted by molar-refractivity contribution is 0.0952. The molecule has 172 valence electrons. The minimum Gasteiger partial charge on any atom is -0.496 e. The van der Waals surface area contributed by atoms with Gasteiger partial charge in [0.05, 0.1) is 26.0 Å². The van der Waals surface area contributed by atoms with Crippen LogP contribution in [0.3, 0.4) is 0 Å². The van der Waals surface area contributed by atoms with Crippen LogP contribution in [0.1, 0.15) is 27.0 Å². The number of carbonyl (C=O) groups is 1. The summed E-state index contributed by atoms with van der Waals surface area (Å²) in [6.07, 6.45) is 1.55. The highest BCUT2D eigenvalue weighted by molar-refractivity contribution is 6.02. The Hall–Kier alpha value is -4.32. The highest BCUT2D eigenvalue weighted by Gasteiger charge is 2.13. The zero-order chi connectivity index (χ0) is 23.9. The molecule has 0 aliphatic carbocycles. The quantitative estimate of drug-likeness (QED) is 0.282. The summed E-state index contributed by atoms with van der Waals surface area (Å²) < 4.78 is 16.8. The number of fused-ring (bicyclic) bond motifs is 1. The molecule has 4 aromatic carbocycles. The summed E-state index contributed by atoms with van der Waals surface area (Å²) in [4.78, 5) is 12.7. The maximum absolute atomic E-state index is 12.7.